The van der Waals surface area contributed by atoms with Gasteiger partial charge in [-0.25, -0.2) is 4.89 Å². The van der Waals surface area contributed by atoms with E-state index in [1.165, 1.54) is 0 Å². The number of rotatable bonds is 4. The van der Waals surface area contributed by atoms with Crippen molar-refractivity contribution in [1.82, 2.24) is 0 Å². The van der Waals surface area contributed by atoms with Crippen LogP contribution < -0.4 is 0 Å². The highest BCUT2D eigenvalue weighted by Gasteiger charge is 2.08. The Morgan fingerprint density at radius 3 is 2.17 bits per heavy atom. The Hall–Kier alpha value is -0.390. The molecule has 0 aliphatic rings. The van der Waals surface area contributed by atoms with Crippen LogP contribution in [-0.4, -0.2) is 21.3 Å². The molecule has 0 aromatic heterocycles. The summed E-state index contributed by atoms with van der Waals surface area (Å²) in [6, 6.07) is 0. The van der Waals surface area contributed by atoms with Gasteiger partial charge in [0.25, 0.3) is 10.1 Å². The molecule has 0 aromatic carbocycles. The molecule has 0 rings (SSSR count). The lowest BCUT2D eigenvalue weighted by Crippen LogP contribution is -2.08. The van der Waals surface area contributed by atoms with Crippen molar-refractivity contribution in [2.45, 2.75) is 20.3 Å². The van der Waals surface area contributed by atoms with Crippen molar-refractivity contribution in [3.8, 4) is 0 Å². The first-order valence-electron chi connectivity index (χ1n) is 3.56. The average molecular weight is 196 g/mol. The van der Waals surface area contributed by atoms with Gasteiger partial charge in [0, 0.05) is 0 Å². The van der Waals surface area contributed by atoms with Crippen LogP contribution in [0.25, 0.3) is 0 Å². The topological polar surface area (TPSA) is 52.6 Å². The van der Waals surface area contributed by atoms with Crippen LogP contribution in [0.2, 0.25) is 0 Å². The Morgan fingerprint density at radius 2 is 1.92 bits per heavy atom. The molecule has 0 aromatic rings. The van der Waals surface area contributed by atoms with Crippen molar-refractivity contribution in [3.63, 3.8) is 0 Å². The van der Waals surface area contributed by atoms with E-state index in [2.05, 4.69) is 15.8 Å². The van der Waals surface area contributed by atoms with E-state index in [0.717, 1.165) is 7.11 Å². The Bertz CT molecular complexity index is 172. The van der Waals surface area contributed by atoms with Crippen LogP contribution in [0.3, 0.4) is 0 Å². The summed E-state index contributed by atoms with van der Waals surface area (Å²) in [6.45, 7) is 7.00. The molecule has 0 aliphatic heterocycles. The Balaban J connectivity index is 0. The second-order valence-corrected chi connectivity index (χ2v) is 3.56. The summed E-state index contributed by atoms with van der Waals surface area (Å²) in [5.41, 5.74) is 0. The second-order valence-electron chi connectivity index (χ2n) is 1.90. The van der Waals surface area contributed by atoms with Crippen LogP contribution in [0.5, 0.6) is 0 Å². The molecule has 0 bridgehead atoms. The molecule has 4 nitrogen and oxygen atoms in total. The molecule has 0 radical (unpaired) electrons. The van der Waals surface area contributed by atoms with Crippen molar-refractivity contribution < 1.29 is 17.6 Å². The smallest absolute Gasteiger partial charge is 0.223 e. The lowest BCUT2D eigenvalue weighted by molar-refractivity contribution is -0.172. The van der Waals surface area contributed by atoms with Gasteiger partial charge in [-0.15, -0.1) is 10.9 Å². The third-order valence-corrected chi connectivity index (χ3v) is 1.88. The Labute approximate surface area is 74.2 Å². The molecule has 12 heavy (non-hydrogen) atoms. The van der Waals surface area contributed by atoms with Crippen LogP contribution in [0.4, 0.5) is 0 Å². The first-order valence-corrected chi connectivity index (χ1v) is 5.13. The maximum Gasteiger partial charge on any atom is 0.293 e. The quantitative estimate of drug-likeness (QED) is 0.388. The molecule has 0 spiro atoms. The monoisotopic (exact) mass is 196 g/mol. The fraction of sp³-hybridized carbons (Fsp3) is 0.714. The fourth-order valence-corrected chi connectivity index (χ4v) is 1.16. The summed E-state index contributed by atoms with van der Waals surface area (Å²) in [5, 5.41) is 0. The first kappa shape index (κ1) is 14.2. The zero-order valence-corrected chi connectivity index (χ0v) is 8.56. The predicted molar refractivity (Wildman–Crippen MR) is 48.0 cm³/mol. The van der Waals surface area contributed by atoms with Gasteiger partial charge in [-0.3, -0.25) is 0 Å². The second kappa shape index (κ2) is 8.70. The summed E-state index contributed by atoms with van der Waals surface area (Å²) < 4.78 is 24.9. The molecule has 0 amide bonds. The van der Waals surface area contributed by atoms with Crippen molar-refractivity contribution >= 4 is 10.1 Å². The number of allylic oxidation sites excluding steroid dienone is 1. The standard InChI is InChI=1S/C4H10O4S.C3H6/c1-3-4-9(5,6)8-7-2;1-3-2/h3-4H2,1-2H3;3H,1H2,2H3. The SMILES string of the molecule is C=CC.CCCS(=O)(=O)OOC. The highest BCUT2D eigenvalue weighted by molar-refractivity contribution is 7.86. The van der Waals surface area contributed by atoms with Crippen LogP contribution in [0.15, 0.2) is 12.7 Å². The summed E-state index contributed by atoms with van der Waals surface area (Å²) in [7, 11) is -2.24. The van der Waals surface area contributed by atoms with Crippen molar-refractivity contribution in [3.05, 3.63) is 12.7 Å². The Kier molecular flexibility index (Phi) is 10.3. The highest BCUT2D eigenvalue weighted by Crippen LogP contribution is 1.94. The normalized spacial score (nSPS) is 9.92. The molecule has 0 saturated heterocycles. The third-order valence-electron chi connectivity index (χ3n) is 0.626. The molecule has 0 unspecified atom stereocenters. The highest BCUT2D eigenvalue weighted by atomic mass is 32.2. The van der Waals surface area contributed by atoms with Crippen molar-refractivity contribution in [1.29, 1.82) is 0 Å². The molecule has 0 saturated carbocycles. The minimum absolute atomic E-state index is 0.000833. The molecule has 0 aliphatic carbocycles. The molecular formula is C7H16O4S. The fourth-order valence-electron chi connectivity index (χ4n) is 0.388. The molecule has 0 fully saturated rings. The molecule has 5 heteroatoms. The van der Waals surface area contributed by atoms with Gasteiger partial charge in [-0.1, -0.05) is 13.0 Å². The van der Waals surface area contributed by atoms with Crippen LogP contribution in [0, 0.1) is 0 Å². The molecule has 0 heterocycles. The van der Waals surface area contributed by atoms with Crippen LogP contribution >= 0.6 is 0 Å². The van der Waals surface area contributed by atoms with E-state index >= 15 is 0 Å². The average Bonchev–Trinajstić information content (AvgIpc) is 1.88. The van der Waals surface area contributed by atoms with Crippen molar-refractivity contribution in [2.75, 3.05) is 12.9 Å². The number of hydrogen-bond acceptors (Lipinski definition) is 4. The summed E-state index contributed by atoms with van der Waals surface area (Å²) in [6.07, 6.45) is 2.28. The Morgan fingerprint density at radius 1 is 1.50 bits per heavy atom. The molecule has 0 N–H and O–H groups in total. The van der Waals surface area contributed by atoms with Crippen LogP contribution in [-0.2, 0) is 19.3 Å². The summed E-state index contributed by atoms with van der Waals surface area (Å²) in [5.74, 6) is 0.000833. The van der Waals surface area contributed by atoms with Gasteiger partial charge >= 0.3 is 0 Å². The zero-order chi connectivity index (χ0) is 10.0. The van der Waals surface area contributed by atoms with E-state index in [1.54, 1.807) is 13.0 Å². The summed E-state index contributed by atoms with van der Waals surface area (Å²) >= 11 is 0. The summed E-state index contributed by atoms with van der Waals surface area (Å²) in [4.78, 5) is 3.97. The van der Waals surface area contributed by atoms with Gasteiger partial charge in [0.1, 0.15) is 0 Å². The maximum atomic E-state index is 10.5. The van der Waals surface area contributed by atoms with E-state index in [-0.39, 0.29) is 5.75 Å². The third kappa shape index (κ3) is 12.3. The van der Waals surface area contributed by atoms with Gasteiger partial charge in [0.05, 0.1) is 12.9 Å². The minimum atomic E-state index is -3.40. The zero-order valence-electron chi connectivity index (χ0n) is 7.74. The van der Waals surface area contributed by atoms with Gasteiger partial charge in [-0.2, -0.15) is 8.42 Å². The van der Waals surface area contributed by atoms with E-state index in [4.69, 9.17) is 0 Å². The predicted octanol–water partition coefficient (Wildman–Crippen LogP) is 1.50. The van der Waals surface area contributed by atoms with Gasteiger partial charge in [0.2, 0.25) is 0 Å². The maximum absolute atomic E-state index is 10.5. The lowest BCUT2D eigenvalue weighted by Gasteiger charge is -1.97. The van der Waals surface area contributed by atoms with Crippen molar-refractivity contribution in [2.24, 2.45) is 0 Å². The van der Waals surface area contributed by atoms with Gasteiger partial charge < -0.3 is 0 Å². The van der Waals surface area contributed by atoms with E-state index in [0.29, 0.717) is 6.42 Å². The largest absolute Gasteiger partial charge is 0.293 e. The molecule has 0 atom stereocenters. The van der Waals surface area contributed by atoms with Crippen LogP contribution in [0.1, 0.15) is 20.3 Å². The molecule has 74 valence electrons. The first-order chi connectivity index (χ1) is 5.54. The lowest BCUT2D eigenvalue weighted by atomic mass is 10.6. The van der Waals surface area contributed by atoms with Gasteiger partial charge in [0.15, 0.2) is 0 Å². The van der Waals surface area contributed by atoms with E-state index in [9.17, 15) is 8.42 Å². The minimum Gasteiger partial charge on any atom is -0.223 e. The van der Waals surface area contributed by atoms with Gasteiger partial charge in [-0.05, 0) is 13.3 Å². The number of hydrogen-bond donors (Lipinski definition) is 0. The molecular weight excluding hydrogens is 180 g/mol. The van der Waals surface area contributed by atoms with E-state index < -0.39 is 10.1 Å². The van der Waals surface area contributed by atoms with E-state index in [1.807, 2.05) is 6.92 Å².